The van der Waals surface area contributed by atoms with Gasteiger partial charge in [-0.3, -0.25) is 0 Å². The number of aryl methyl sites for hydroxylation is 2. The molecule has 0 radical (unpaired) electrons. The predicted octanol–water partition coefficient (Wildman–Crippen LogP) is 5.67. The summed E-state index contributed by atoms with van der Waals surface area (Å²) in [6.45, 7) is 3.77. The van der Waals surface area contributed by atoms with Gasteiger partial charge in [-0.25, -0.2) is 17.4 Å². The Morgan fingerprint density at radius 2 is 1.36 bits per heavy atom. The van der Waals surface area contributed by atoms with Gasteiger partial charge < -0.3 is 4.74 Å². The molecule has 6 aromatic rings. The number of pyridine rings is 1. The summed E-state index contributed by atoms with van der Waals surface area (Å²) in [5, 5.41) is 4.88. The minimum absolute atomic E-state index is 0.119. The highest BCUT2D eigenvalue weighted by Crippen LogP contribution is 2.38. The number of ether oxygens (including phenoxy) is 1. The lowest BCUT2D eigenvalue weighted by atomic mass is 10.0. The molecular formula is C31H26N4O5S2. The van der Waals surface area contributed by atoms with E-state index in [1.807, 2.05) is 32.0 Å². The molecular weight excluding hydrogens is 572 g/mol. The molecule has 212 valence electrons. The monoisotopic (exact) mass is 598 g/mol. The summed E-state index contributed by atoms with van der Waals surface area (Å²) in [6.07, 6.45) is 4.40. The molecule has 0 aliphatic rings. The molecule has 0 aliphatic heterocycles. The Morgan fingerprint density at radius 3 is 2.00 bits per heavy atom. The van der Waals surface area contributed by atoms with Gasteiger partial charge in [0.1, 0.15) is 5.75 Å². The first-order chi connectivity index (χ1) is 20.1. The second-order valence-corrected chi connectivity index (χ2v) is 13.5. The standard InChI is InChI=1S/C31H26N4O5S2/c1-21-8-12-24(13-9-21)41(36,37)34-20-28(26-6-4-5-7-30(26)40-3)27-18-23(19-32-31(27)34)29-16-17-35(33-29)42(38,39)25-14-10-22(2)11-15-25/h4-20H,1-3H3. The molecule has 3 aromatic heterocycles. The Balaban J connectivity index is 1.52. The van der Waals surface area contributed by atoms with Crippen LogP contribution in [0.1, 0.15) is 11.1 Å². The van der Waals surface area contributed by atoms with Crippen molar-refractivity contribution in [1.82, 2.24) is 18.1 Å². The van der Waals surface area contributed by atoms with Crippen molar-refractivity contribution < 1.29 is 21.6 Å². The number of aromatic nitrogens is 4. The number of benzene rings is 3. The largest absolute Gasteiger partial charge is 0.496 e. The normalized spacial score (nSPS) is 12.1. The first-order valence-electron chi connectivity index (χ1n) is 12.9. The van der Waals surface area contributed by atoms with Crippen LogP contribution in [0.4, 0.5) is 0 Å². The molecule has 0 N–H and O–H groups in total. The van der Waals surface area contributed by atoms with Crippen LogP contribution >= 0.6 is 0 Å². The van der Waals surface area contributed by atoms with Gasteiger partial charge >= 0.3 is 0 Å². The number of methoxy groups -OCH3 is 1. The average molecular weight is 599 g/mol. The van der Waals surface area contributed by atoms with E-state index in [-0.39, 0.29) is 15.4 Å². The molecule has 0 aliphatic carbocycles. The first kappa shape index (κ1) is 27.4. The molecule has 0 saturated carbocycles. The van der Waals surface area contributed by atoms with Crippen molar-refractivity contribution in [3.63, 3.8) is 0 Å². The second kappa shape index (κ2) is 10.3. The lowest BCUT2D eigenvalue weighted by Gasteiger charge is -2.07. The third kappa shape index (κ3) is 4.66. The SMILES string of the molecule is COc1ccccc1-c1cn(S(=O)(=O)c2ccc(C)cc2)c2ncc(-c3ccn(S(=O)(=O)c4ccc(C)cc4)n3)cc12. The van der Waals surface area contributed by atoms with Crippen LogP contribution in [-0.2, 0) is 20.0 Å². The summed E-state index contributed by atoms with van der Waals surface area (Å²) in [7, 11) is -6.36. The van der Waals surface area contributed by atoms with Crippen molar-refractivity contribution in [2.45, 2.75) is 23.6 Å². The highest BCUT2D eigenvalue weighted by molar-refractivity contribution is 7.90. The van der Waals surface area contributed by atoms with Crippen LogP contribution in [0.2, 0.25) is 0 Å². The second-order valence-electron chi connectivity index (χ2n) is 9.84. The van der Waals surface area contributed by atoms with Crippen molar-refractivity contribution in [2.24, 2.45) is 0 Å². The van der Waals surface area contributed by atoms with Crippen molar-refractivity contribution in [3.05, 3.63) is 115 Å². The van der Waals surface area contributed by atoms with E-state index in [0.717, 1.165) is 15.2 Å². The fourth-order valence-corrected chi connectivity index (χ4v) is 7.16. The number of hydrogen-bond donors (Lipinski definition) is 0. The number of rotatable bonds is 7. The first-order valence-corrected chi connectivity index (χ1v) is 15.8. The molecule has 0 unspecified atom stereocenters. The molecule has 3 aromatic carbocycles. The Hall–Kier alpha value is -4.74. The molecule has 0 amide bonds. The third-order valence-electron chi connectivity index (χ3n) is 7.01. The van der Waals surface area contributed by atoms with E-state index in [2.05, 4.69) is 10.1 Å². The molecule has 0 atom stereocenters. The van der Waals surface area contributed by atoms with Crippen molar-refractivity contribution in [3.8, 4) is 28.1 Å². The fraction of sp³-hybridized carbons (Fsp3) is 0.0968. The van der Waals surface area contributed by atoms with E-state index in [1.54, 1.807) is 61.7 Å². The summed E-state index contributed by atoms with van der Waals surface area (Å²) in [4.78, 5) is 4.80. The van der Waals surface area contributed by atoms with Crippen LogP contribution in [0.15, 0.2) is 113 Å². The summed E-state index contributed by atoms with van der Waals surface area (Å²) in [5.41, 5.74) is 4.23. The maximum Gasteiger partial charge on any atom is 0.282 e. The van der Waals surface area contributed by atoms with Gasteiger partial charge in [0.2, 0.25) is 0 Å². The Kier molecular flexibility index (Phi) is 6.71. The van der Waals surface area contributed by atoms with Crippen molar-refractivity contribution in [1.29, 1.82) is 0 Å². The third-order valence-corrected chi connectivity index (χ3v) is 10.2. The summed E-state index contributed by atoms with van der Waals surface area (Å²) in [5.74, 6) is 0.558. The van der Waals surface area contributed by atoms with Gasteiger partial charge in [-0.1, -0.05) is 53.6 Å². The molecule has 0 fully saturated rings. The van der Waals surface area contributed by atoms with Crippen molar-refractivity contribution >= 4 is 31.1 Å². The average Bonchev–Trinajstić information content (AvgIpc) is 3.64. The van der Waals surface area contributed by atoms with Crippen LogP contribution in [0.5, 0.6) is 5.75 Å². The molecule has 11 heteroatoms. The number of nitrogens with zero attached hydrogens (tertiary/aromatic N) is 4. The Bertz CT molecular complexity index is 2170. The van der Waals surface area contributed by atoms with E-state index >= 15 is 0 Å². The van der Waals surface area contributed by atoms with Crippen LogP contribution in [0.25, 0.3) is 33.4 Å². The minimum atomic E-state index is -4.00. The van der Waals surface area contributed by atoms with E-state index in [4.69, 9.17) is 4.74 Å². The van der Waals surface area contributed by atoms with Gasteiger partial charge in [0.05, 0.1) is 22.6 Å². The molecule has 9 nitrogen and oxygen atoms in total. The van der Waals surface area contributed by atoms with E-state index in [9.17, 15) is 16.8 Å². The van der Waals surface area contributed by atoms with Gasteiger partial charge in [0.15, 0.2) is 5.65 Å². The number of fused-ring (bicyclic) bond motifs is 1. The zero-order valence-corrected chi connectivity index (χ0v) is 24.6. The van der Waals surface area contributed by atoms with Crippen LogP contribution in [0, 0.1) is 13.8 Å². The summed E-state index contributed by atoms with van der Waals surface area (Å²) < 4.78 is 61.6. The van der Waals surface area contributed by atoms with Gasteiger partial charge in [-0.05, 0) is 56.3 Å². The van der Waals surface area contributed by atoms with E-state index in [0.29, 0.717) is 33.5 Å². The van der Waals surface area contributed by atoms with Crippen LogP contribution in [0.3, 0.4) is 0 Å². The molecule has 6 rings (SSSR count). The topological polar surface area (TPSA) is 113 Å². The minimum Gasteiger partial charge on any atom is -0.496 e. The van der Waals surface area contributed by atoms with Crippen LogP contribution in [-0.4, -0.2) is 42.1 Å². The molecule has 0 bridgehead atoms. The molecule has 42 heavy (non-hydrogen) atoms. The van der Waals surface area contributed by atoms with Gasteiger partial charge in [0, 0.05) is 40.7 Å². The highest BCUT2D eigenvalue weighted by atomic mass is 32.2. The molecule has 0 saturated heterocycles. The Labute approximate surface area is 243 Å². The quantitative estimate of drug-likeness (QED) is 0.233. The molecule has 0 spiro atoms. The predicted molar refractivity (Wildman–Crippen MR) is 160 cm³/mol. The maximum absolute atomic E-state index is 13.8. The lowest BCUT2D eigenvalue weighted by molar-refractivity contribution is 0.416. The number of para-hydroxylation sites is 1. The fourth-order valence-electron chi connectivity index (χ4n) is 4.72. The molecule has 3 heterocycles. The van der Waals surface area contributed by atoms with Crippen LogP contribution < -0.4 is 4.74 Å². The van der Waals surface area contributed by atoms with E-state index < -0.39 is 20.0 Å². The summed E-state index contributed by atoms with van der Waals surface area (Å²) in [6, 6.07) is 23.8. The summed E-state index contributed by atoms with van der Waals surface area (Å²) >= 11 is 0. The Morgan fingerprint density at radius 1 is 0.738 bits per heavy atom. The number of hydrogen-bond acceptors (Lipinski definition) is 7. The van der Waals surface area contributed by atoms with Gasteiger partial charge in [-0.15, -0.1) is 0 Å². The smallest absolute Gasteiger partial charge is 0.282 e. The maximum atomic E-state index is 13.8. The zero-order chi connectivity index (χ0) is 29.6. The highest BCUT2D eigenvalue weighted by Gasteiger charge is 2.25. The van der Waals surface area contributed by atoms with E-state index in [1.165, 1.54) is 34.7 Å². The lowest BCUT2D eigenvalue weighted by Crippen LogP contribution is -2.13. The van der Waals surface area contributed by atoms with Gasteiger partial charge in [-0.2, -0.15) is 17.6 Å². The van der Waals surface area contributed by atoms with Gasteiger partial charge in [0.25, 0.3) is 20.0 Å². The zero-order valence-electron chi connectivity index (χ0n) is 23.0. The van der Waals surface area contributed by atoms with Crippen molar-refractivity contribution in [2.75, 3.05) is 7.11 Å².